The van der Waals surface area contributed by atoms with Gasteiger partial charge in [-0.2, -0.15) is 0 Å². The van der Waals surface area contributed by atoms with Crippen molar-refractivity contribution in [2.75, 3.05) is 13.6 Å². The maximum absolute atomic E-state index is 12.9. The lowest BCUT2D eigenvalue weighted by Gasteiger charge is -2.22. The summed E-state index contributed by atoms with van der Waals surface area (Å²) >= 11 is 0. The lowest BCUT2D eigenvalue weighted by Crippen LogP contribution is -2.32. The van der Waals surface area contributed by atoms with Crippen molar-refractivity contribution in [1.82, 2.24) is 4.31 Å². The van der Waals surface area contributed by atoms with Crippen LogP contribution in [0.15, 0.2) is 23.1 Å². The highest BCUT2D eigenvalue weighted by molar-refractivity contribution is 7.89. The zero-order valence-electron chi connectivity index (χ0n) is 13.0. The number of nitrogens with two attached hydrogens (primary N) is 1. The van der Waals surface area contributed by atoms with Gasteiger partial charge in [0, 0.05) is 20.1 Å². The summed E-state index contributed by atoms with van der Waals surface area (Å²) in [6.07, 6.45) is 5.44. The third kappa shape index (κ3) is 3.65. The molecule has 1 aliphatic rings. The molecule has 0 atom stereocenters. The minimum Gasteiger partial charge on any atom is -0.326 e. The molecule has 4 nitrogen and oxygen atoms in total. The summed E-state index contributed by atoms with van der Waals surface area (Å²) in [4.78, 5) is 0.424. The van der Waals surface area contributed by atoms with Crippen LogP contribution >= 0.6 is 0 Å². The fraction of sp³-hybridized carbons (Fsp3) is 0.625. The number of nitrogens with zero attached hydrogens (tertiary/aromatic N) is 1. The van der Waals surface area contributed by atoms with Gasteiger partial charge in [0.15, 0.2) is 0 Å². The molecule has 1 saturated carbocycles. The highest BCUT2D eigenvalue weighted by Gasteiger charge is 2.27. The van der Waals surface area contributed by atoms with Crippen LogP contribution in [0.1, 0.15) is 43.7 Å². The summed E-state index contributed by atoms with van der Waals surface area (Å²) < 4.78 is 27.2. The number of sulfonamides is 1. The zero-order chi connectivity index (χ0) is 15.5. The average molecular weight is 310 g/mol. The van der Waals surface area contributed by atoms with Crippen molar-refractivity contribution < 1.29 is 8.42 Å². The molecule has 0 bridgehead atoms. The summed E-state index contributed by atoms with van der Waals surface area (Å²) in [6.45, 7) is 2.96. The van der Waals surface area contributed by atoms with Gasteiger partial charge in [0.25, 0.3) is 0 Å². The van der Waals surface area contributed by atoms with Gasteiger partial charge < -0.3 is 5.73 Å². The summed E-state index contributed by atoms with van der Waals surface area (Å²) in [5.41, 5.74) is 7.38. The number of aryl methyl sites for hydroxylation is 1. The van der Waals surface area contributed by atoms with E-state index in [2.05, 4.69) is 0 Å². The van der Waals surface area contributed by atoms with E-state index in [4.69, 9.17) is 5.73 Å². The van der Waals surface area contributed by atoms with E-state index in [1.807, 2.05) is 19.1 Å². The topological polar surface area (TPSA) is 63.4 Å². The van der Waals surface area contributed by atoms with Crippen LogP contribution in [0.5, 0.6) is 0 Å². The van der Waals surface area contributed by atoms with Crippen LogP contribution in [-0.4, -0.2) is 26.3 Å². The van der Waals surface area contributed by atoms with E-state index >= 15 is 0 Å². The summed E-state index contributed by atoms with van der Waals surface area (Å²) in [5.74, 6) is 0.507. The predicted molar refractivity (Wildman–Crippen MR) is 85.5 cm³/mol. The van der Waals surface area contributed by atoms with Gasteiger partial charge in [-0.15, -0.1) is 0 Å². The number of benzene rings is 1. The lowest BCUT2D eigenvalue weighted by molar-refractivity contribution is 0.387. The van der Waals surface area contributed by atoms with E-state index in [9.17, 15) is 8.42 Å². The molecule has 0 radical (unpaired) electrons. The van der Waals surface area contributed by atoms with Gasteiger partial charge in [-0.3, -0.25) is 0 Å². The van der Waals surface area contributed by atoms with Crippen molar-refractivity contribution in [3.8, 4) is 0 Å². The van der Waals surface area contributed by atoms with Crippen LogP contribution in [0.3, 0.4) is 0 Å². The Morgan fingerprint density at radius 3 is 2.52 bits per heavy atom. The van der Waals surface area contributed by atoms with Crippen molar-refractivity contribution in [2.24, 2.45) is 11.7 Å². The Morgan fingerprint density at radius 2 is 1.95 bits per heavy atom. The molecule has 1 aromatic carbocycles. The van der Waals surface area contributed by atoms with E-state index in [0.717, 1.165) is 24.0 Å². The second-order valence-electron chi connectivity index (χ2n) is 5.94. The Labute approximate surface area is 128 Å². The standard InChI is InChI=1S/C16H26N2O2S/c1-3-15-9-8-14(11-17)10-16(15)21(19,20)18(2)12-13-6-4-5-7-13/h8-10,13H,3-7,11-12,17H2,1-2H3. The lowest BCUT2D eigenvalue weighted by atomic mass is 10.1. The van der Waals surface area contributed by atoms with E-state index in [1.54, 1.807) is 13.1 Å². The van der Waals surface area contributed by atoms with E-state index in [1.165, 1.54) is 17.1 Å². The Kier molecular flexibility index (Phi) is 5.41. The first-order chi connectivity index (χ1) is 9.98. The Bertz CT molecular complexity index is 578. The van der Waals surface area contributed by atoms with Crippen LogP contribution in [-0.2, 0) is 23.0 Å². The normalized spacial score (nSPS) is 16.8. The van der Waals surface area contributed by atoms with Gasteiger partial charge >= 0.3 is 0 Å². The van der Waals surface area contributed by atoms with Crippen molar-refractivity contribution in [3.05, 3.63) is 29.3 Å². The first-order valence-electron chi connectivity index (χ1n) is 7.77. The van der Waals surface area contributed by atoms with Gasteiger partial charge in [-0.25, -0.2) is 12.7 Å². The van der Waals surface area contributed by atoms with Gasteiger partial charge in [0.2, 0.25) is 10.0 Å². The Hall–Kier alpha value is -0.910. The maximum Gasteiger partial charge on any atom is 0.243 e. The molecule has 1 fully saturated rings. The fourth-order valence-electron chi connectivity index (χ4n) is 3.08. The van der Waals surface area contributed by atoms with Crippen LogP contribution in [0.25, 0.3) is 0 Å². The molecule has 0 aliphatic heterocycles. The monoisotopic (exact) mass is 310 g/mol. The molecule has 0 unspecified atom stereocenters. The molecular formula is C16H26N2O2S. The van der Waals surface area contributed by atoms with Crippen LogP contribution in [0.2, 0.25) is 0 Å². The Balaban J connectivity index is 2.28. The smallest absolute Gasteiger partial charge is 0.243 e. The molecule has 0 aromatic heterocycles. The van der Waals surface area contributed by atoms with Gasteiger partial charge in [-0.05, 0) is 42.4 Å². The van der Waals surface area contributed by atoms with Gasteiger partial charge in [0.05, 0.1) is 4.90 Å². The predicted octanol–water partition coefficient (Wildman–Crippen LogP) is 2.52. The third-order valence-electron chi connectivity index (χ3n) is 4.43. The fourth-order valence-corrected chi connectivity index (χ4v) is 4.67. The largest absolute Gasteiger partial charge is 0.326 e. The van der Waals surface area contributed by atoms with Crippen molar-refractivity contribution in [3.63, 3.8) is 0 Å². The average Bonchev–Trinajstić information content (AvgIpc) is 2.99. The molecule has 2 N–H and O–H groups in total. The molecule has 1 aromatic rings. The van der Waals surface area contributed by atoms with Crippen LogP contribution < -0.4 is 5.73 Å². The first-order valence-corrected chi connectivity index (χ1v) is 9.21. The van der Waals surface area contributed by atoms with Gasteiger partial charge in [-0.1, -0.05) is 31.9 Å². The van der Waals surface area contributed by atoms with E-state index < -0.39 is 10.0 Å². The van der Waals surface area contributed by atoms with E-state index in [0.29, 0.717) is 30.3 Å². The molecular weight excluding hydrogens is 284 g/mol. The highest BCUT2D eigenvalue weighted by Crippen LogP contribution is 2.28. The minimum atomic E-state index is -3.42. The third-order valence-corrected chi connectivity index (χ3v) is 6.33. The maximum atomic E-state index is 12.9. The quantitative estimate of drug-likeness (QED) is 0.878. The second-order valence-corrected chi connectivity index (χ2v) is 7.95. The van der Waals surface area contributed by atoms with Crippen molar-refractivity contribution in [1.29, 1.82) is 0 Å². The SMILES string of the molecule is CCc1ccc(CN)cc1S(=O)(=O)N(C)CC1CCCC1. The number of hydrogen-bond donors (Lipinski definition) is 1. The van der Waals surface area contributed by atoms with Crippen LogP contribution in [0, 0.1) is 5.92 Å². The highest BCUT2D eigenvalue weighted by atomic mass is 32.2. The number of hydrogen-bond acceptors (Lipinski definition) is 3. The van der Waals surface area contributed by atoms with Crippen molar-refractivity contribution >= 4 is 10.0 Å². The molecule has 0 saturated heterocycles. The second kappa shape index (κ2) is 6.90. The van der Waals surface area contributed by atoms with Crippen LogP contribution in [0.4, 0.5) is 0 Å². The van der Waals surface area contributed by atoms with Gasteiger partial charge in [0.1, 0.15) is 0 Å². The Morgan fingerprint density at radius 1 is 1.29 bits per heavy atom. The summed E-state index contributed by atoms with van der Waals surface area (Å²) in [6, 6.07) is 5.53. The molecule has 118 valence electrons. The summed E-state index contributed by atoms with van der Waals surface area (Å²) in [7, 11) is -1.73. The molecule has 0 spiro atoms. The molecule has 0 heterocycles. The zero-order valence-corrected chi connectivity index (χ0v) is 13.8. The minimum absolute atomic E-state index is 0.360. The first kappa shape index (κ1) is 16.5. The molecule has 2 rings (SSSR count). The number of rotatable bonds is 6. The molecule has 5 heteroatoms. The molecule has 21 heavy (non-hydrogen) atoms. The van der Waals surface area contributed by atoms with Crippen molar-refractivity contribution in [2.45, 2.75) is 50.5 Å². The molecule has 0 amide bonds. The van der Waals surface area contributed by atoms with E-state index in [-0.39, 0.29) is 0 Å². The molecule has 1 aliphatic carbocycles. The summed E-state index contributed by atoms with van der Waals surface area (Å²) in [5, 5.41) is 0.